The number of benzene rings is 1. The lowest BCUT2D eigenvalue weighted by molar-refractivity contribution is -0.140. The summed E-state index contributed by atoms with van der Waals surface area (Å²) in [5.74, 6) is -1.65. The normalized spacial score (nSPS) is 15.1. The quantitative estimate of drug-likeness (QED) is 0.137. The first-order valence-corrected chi connectivity index (χ1v) is 11.4. The highest BCUT2D eigenvalue weighted by Gasteiger charge is 2.40. The third kappa shape index (κ3) is 9.05. The van der Waals surface area contributed by atoms with Crippen molar-refractivity contribution >= 4 is 30.4 Å². The van der Waals surface area contributed by atoms with Crippen molar-refractivity contribution in [3.05, 3.63) is 29.8 Å². The Balaban J connectivity index is 2.70. The molecular formula is C23H38BN3O7. The van der Waals surface area contributed by atoms with Crippen LogP contribution < -0.4 is 21.4 Å². The monoisotopic (exact) mass is 479 g/mol. The first-order chi connectivity index (χ1) is 15.7. The predicted molar refractivity (Wildman–Crippen MR) is 129 cm³/mol. The molecule has 34 heavy (non-hydrogen) atoms. The van der Waals surface area contributed by atoms with Gasteiger partial charge in [-0.1, -0.05) is 52.0 Å². The number of carbonyl (C=O) groups is 3. The number of carboxylic acids is 1. The van der Waals surface area contributed by atoms with Crippen LogP contribution >= 0.6 is 0 Å². The number of aliphatic hydroxyl groups excluding tert-OH is 1. The molecule has 10 nitrogen and oxygen atoms in total. The summed E-state index contributed by atoms with van der Waals surface area (Å²) in [6, 6.07) is 5.27. The van der Waals surface area contributed by atoms with Crippen molar-refractivity contribution in [1.29, 1.82) is 0 Å². The van der Waals surface area contributed by atoms with Crippen LogP contribution in [0.3, 0.4) is 0 Å². The minimum atomic E-state index is -1.60. The molecule has 1 rings (SSSR count). The van der Waals surface area contributed by atoms with Gasteiger partial charge >= 0.3 is 13.1 Å². The summed E-state index contributed by atoms with van der Waals surface area (Å²) >= 11 is 0. The van der Waals surface area contributed by atoms with Crippen molar-refractivity contribution in [2.24, 2.45) is 10.8 Å². The van der Waals surface area contributed by atoms with E-state index in [4.69, 9.17) is 10.0 Å². The molecule has 0 aliphatic carbocycles. The van der Waals surface area contributed by atoms with Crippen molar-refractivity contribution in [3.63, 3.8) is 0 Å². The lowest BCUT2D eigenvalue weighted by atomic mass is 9.71. The number of carboxylic acid groups (broad SMARTS) is 1. The summed E-state index contributed by atoms with van der Waals surface area (Å²) in [6.45, 7) is 8.72. The lowest BCUT2D eigenvalue weighted by Crippen LogP contribution is -2.50. The van der Waals surface area contributed by atoms with Crippen LogP contribution in [0.1, 0.15) is 53.0 Å². The van der Waals surface area contributed by atoms with Gasteiger partial charge < -0.3 is 30.9 Å². The zero-order valence-electron chi connectivity index (χ0n) is 20.6. The van der Waals surface area contributed by atoms with Crippen LogP contribution in [0.2, 0.25) is 0 Å². The lowest BCUT2D eigenvalue weighted by Gasteiger charge is -2.35. The molecule has 3 atom stereocenters. The molecule has 0 saturated heterocycles. The molecule has 0 saturated carbocycles. The average Bonchev–Trinajstić information content (AvgIpc) is 2.76. The van der Waals surface area contributed by atoms with Crippen LogP contribution in [0.4, 0.5) is 0 Å². The highest BCUT2D eigenvalue weighted by atomic mass is 16.4. The Hall–Kier alpha value is -2.47. The zero-order valence-corrected chi connectivity index (χ0v) is 20.6. The molecular weight excluding hydrogens is 441 g/mol. The molecule has 0 heterocycles. The molecule has 2 amide bonds. The van der Waals surface area contributed by atoms with Gasteiger partial charge in [-0.25, -0.2) is 0 Å². The van der Waals surface area contributed by atoms with E-state index < -0.39 is 36.1 Å². The van der Waals surface area contributed by atoms with Crippen LogP contribution in [-0.2, 0) is 20.8 Å². The number of hydrogen-bond acceptors (Lipinski definition) is 7. The van der Waals surface area contributed by atoms with Crippen molar-refractivity contribution in [3.8, 4) is 0 Å². The highest BCUT2D eigenvalue weighted by Crippen LogP contribution is 2.37. The van der Waals surface area contributed by atoms with E-state index in [1.165, 1.54) is 12.1 Å². The minimum Gasteiger partial charge on any atom is -0.480 e. The second-order valence-corrected chi connectivity index (χ2v) is 9.63. The molecule has 7 N–H and O–H groups in total. The number of carbonyl (C=O) groups excluding carboxylic acids is 2. The summed E-state index contributed by atoms with van der Waals surface area (Å²) in [5, 5.41) is 45.5. The summed E-state index contributed by atoms with van der Waals surface area (Å²) in [7, 11) is -1.60. The fourth-order valence-corrected chi connectivity index (χ4v) is 3.68. The first-order valence-electron chi connectivity index (χ1n) is 11.4. The van der Waals surface area contributed by atoms with Gasteiger partial charge in [0.2, 0.25) is 11.8 Å². The minimum absolute atomic E-state index is 0.0796. The van der Waals surface area contributed by atoms with Gasteiger partial charge in [0.1, 0.15) is 6.04 Å². The summed E-state index contributed by atoms with van der Waals surface area (Å²) in [4.78, 5) is 37.1. The second-order valence-electron chi connectivity index (χ2n) is 9.63. The fraction of sp³-hybridized carbons (Fsp3) is 0.609. The predicted octanol–water partition coefficient (Wildman–Crippen LogP) is -0.645. The summed E-state index contributed by atoms with van der Waals surface area (Å²) < 4.78 is 0. The van der Waals surface area contributed by atoms with Crippen molar-refractivity contribution < 1.29 is 34.6 Å². The third-order valence-corrected chi connectivity index (χ3v) is 5.95. The highest BCUT2D eigenvalue weighted by molar-refractivity contribution is 6.58. The molecule has 0 fully saturated rings. The number of hydrogen-bond donors (Lipinski definition) is 7. The summed E-state index contributed by atoms with van der Waals surface area (Å²) in [5.41, 5.74) is -0.746. The molecule has 0 radical (unpaired) electrons. The Kier molecular flexibility index (Phi) is 11.2. The van der Waals surface area contributed by atoms with Gasteiger partial charge in [-0.05, 0) is 37.2 Å². The maximum Gasteiger partial charge on any atom is 0.488 e. The maximum absolute atomic E-state index is 12.8. The third-order valence-electron chi connectivity index (χ3n) is 5.95. The Morgan fingerprint density at radius 3 is 2.09 bits per heavy atom. The van der Waals surface area contributed by atoms with E-state index in [9.17, 15) is 24.6 Å². The second kappa shape index (κ2) is 12.8. The van der Waals surface area contributed by atoms with Gasteiger partial charge in [0.25, 0.3) is 0 Å². The largest absolute Gasteiger partial charge is 0.488 e. The van der Waals surface area contributed by atoms with E-state index in [0.717, 1.165) is 0 Å². The van der Waals surface area contributed by atoms with Crippen LogP contribution in [0.15, 0.2) is 24.3 Å². The number of nitrogens with one attached hydrogen (secondary N) is 3. The molecule has 190 valence electrons. The Morgan fingerprint density at radius 2 is 1.62 bits per heavy atom. The molecule has 0 aliphatic rings. The van der Waals surface area contributed by atoms with Gasteiger partial charge in [0.05, 0.1) is 12.8 Å². The van der Waals surface area contributed by atoms with Crippen molar-refractivity contribution in [2.75, 3.05) is 13.2 Å². The Morgan fingerprint density at radius 1 is 1.03 bits per heavy atom. The van der Waals surface area contributed by atoms with E-state index in [1.54, 1.807) is 39.8 Å². The molecule has 0 spiro atoms. The van der Waals surface area contributed by atoms with E-state index in [1.807, 2.05) is 6.92 Å². The number of aliphatic carboxylic acids is 1. The topological polar surface area (TPSA) is 168 Å². The zero-order chi connectivity index (χ0) is 26.1. The molecule has 0 bridgehead atoms. The number of rotatable bonds is 14. The number of aliphatic hydroxyl groups is 1. The smallest absolute Gasteiger partial charge is 0.480 e. The molecule has 1 aromatic rings. The van der Waals surface area contributed by atoms with Gasteiger partial charge in [0.15, 0.2) is 0 Å². The van der Waals surface area contributed by atoms with Gasteiger partial charge in [0, 0.05) is 17.4 Å². The van der Waals surface area contributed by atoms with Crippen molar-refractivity contribution in [1.82, 2.24) is 16.0 Å². The van der Waals surface area contributed by atoms with Crippen molar-refractivity contribution in [2.45, 2.75) is 66.0 Å². The van der Waals surface area contributed by atoms with E-state index in [-0.39, 0.29) is 37.9 Å². The van der Waals surface area contributed by atoms with Gasteiger partial charge in [-0.15, -0.1) is 0 Å². The Labute approximate surface area is 201 Å². The molecule has 0 aromatic heterocycles. The fourth-order valence-electron chi connectivity index (χ4n) is 3.68. The van der Waals surface area contributed by atoms with E-state index >= 15 is 0 Å². The van der Waals surface area contributed by atoms with Gasteiger partial charge in [-0.2, -0.15) is 0 Å². The SMILES string of the molecule is CCC(C)(CC(C)(C)C(=O)NCNC(Cc1ccc(B(O)O)cc1)C(=O)O)C(=O)NCC(C)O. The van der Waals surface area contributed by atoms with Crippen LogP contribution in [0.5, 0.6) is 0 Å². The number of amides is 2. The van der Waals surface area contributed by atoms with Crippen LogP contribution in [-0.4, -0.2) is 70.5 Å². The molecule has 11 heteroatoms. The maximum atomic E-state index is 12.8. The van der Waals surface area contributed by atoms with E-state index in [0.29, 0.717) is 17.4 Å². The standard InChI is InChI=1S/C23H38BN3O7/c1-6-23(5,21(32)25-12-15(2)28)13-22(3,4)20(31)27-14-26-18(19(29)30)11-16-7-9-17(10-8-16)24(33)34/h7-10,15,18,26,28,33-34H,6,11-14H2,1-5H3,(H,25,32)(H,27,31)(H,29,30). The van der Waals surface area contributed by atoms with Gasteiger partial charge in [-0.3, -0.25) is 19.7 Å². The Bertz CT molecular complexity index is 830. The van der Waals surface area contributed by atoms with Crippen LogP contribution in [0.25, 0.3) is 0 Å². The summed E-state index contributed by atoms with van der Waals surface area (Å²) in [6.07, 6.45) is 0.224. The average molecular weight is 479 g/mol. The molecule has 3 unspecified atom stereocenters. The molecule has 0 aliphatic heterocycles. The molecule has 1 aromatic carbocycles. The van der Waals surface area contributed by atoms with Crippen LogP contribution in [0, 0.1) is 10.8 Å². The van der Waals surface area contributed by atoms with E-state index in [2.05, 4.69) is 16.0 Å². The first kappa shape index (κ1) is 29.6.